The van der Waals surface area contributed by atoms with E-state index in [-0.39, 0.29) is 64.8 Å². The van der Waals surface area contributed by atoms with Crippen LogP contribution in [0.15, 0.2) is 94.7 Å². The summed E-state index contributed by atoms with van der Waals surface area (Å²) in [5.74, 6) is 1.52. The predicted octanol–water partition coefficient (Wildman–Crippen LogP) is 13.2. The molecular weight excluding hydrogens is 865 g/mol. The topological polar surface area (TPSA) is 173 Å². The summed E-state index contributed by atoms with van der Waals surface area (Å²) in [6.07, 6.45) is 28.7. The summed E-state index contributed by atoms with van der Waals surface area (Å²) in [4.78, 5) is -0.577. The first-order chi connectivity index (χ1) is 29.8. The van der Waals surface area contributed by atoms with Crippen molar-refractivity contribution in [2.75, 3.05) is 0 Å². The number of phenols is 1. The van der Waals surface area contributed by atoms with E-state index in [9.17, 15) is 36.2 Å². The molecule has 2 N–H and O–H groups in total. The van der Waals surface area contributed by atoms with Gasteiger partial charge in [-0.15, -0.1) is 5.75 Å². The number of hydrogen-bond acceptors (Lipinski definition) is 9. The molecule has 344 valence electrons. The summed E-state index contributed by atoms with van der Waals surface area (Å²) in [7, 11) is -8.86. The first-order valence-corrected chi connectivity index (χ1v) is 25.8. The van der Waals surface area contributed by atoms with E-state index in [0.717, 1.165) is 37.7 Å². The smallest absolute Gasteiger partial charge is 0.872 e. The minimum atomic E-state index is -4.56. The van der Waals surface area contributed by atoms with E-state index in [1.54, 1.807) is 42.5 Å². The monoisotopic (exact) mass is 934 g/mol. The molecule has 0 aliphatic rings. The summed E-state index contributed by atoms with van der Waals surface area (Å²) < 4.78 is 77.2. The van der Waals surface area contributed by atoms with E-state index < -0.39 is 20.2 Å². The summed E-state index contributed by atoms with van der Waals surface area (Å²) in [6, 6.07) is 21.0. The fraction of sp³-hybridized carbons (Fsp3) is 0.520. The van der Waals surface area contributed by atoms with Gasteiger partial charge < -0.3 is 24.2 Å². The van der Waals surface area contributed by atoms with E-state index in [0.29, 0.717) is 35.7 Å². The molecule has 4 aromatic rings. The van der Waals surface area contributed by atoms with Gasteiger partial charge in [0.25, 0.3) is 10.1 Å². The Balaban J connectivity index is 0.000000427. The van der Waals surface area contributed by atoms with E-state index in [1.807, 2.05) is 0 Å². The van der Waals surface area contributed by atoms with Crippen molar-refractivity contribution in [2.24, 2.45) is 0 Å². The molecule has 0 heterocycles. The van der Waals surface area contributed by atoms with Gasteiger partial charge in [0.2, 0.25) is 0 Å². The zero-order chi connectivity index (χ0) is 45.1. The largest absolute Gasteiger partial charge is 2.00 e. The molecule has 4 aromatic carbocycles. The molecule has 0 aliphatic carbocycles. The van der Waals surface area contributed by atoms with Crippen molar-refractivity contribution in [2.45, 2.75) is 178 Å². The Kier molecular flexibility index (Phi) is 28.5. The normalized spacial score (nSPS) is 11.4. The van der Waals surface area contributed by atoms with Gasteiger partial charge >= 0.3 is 37.7 Å². The van der Waals surface area contributed by atoms with Gasteiger partial charge in [0.05, 0.1) is 9.79 Å². The zero-order valence-electron chi connectivity index (χ0n) is 37.7. The molecule has 0 spiro atoms. The van der Waals surface area contributed by atoms with Crippen molar-refractivity contribution in [1.82, 2.24) is 0 Å². The van der Waals surface area contributed by atoms with E-state index in [2.05, 4.69) is 13.8 Å². The average Bonchev–Trinajstić information content (AvgIpc) is 3.23. The molecule has 63 heavy (non-hydrogen) atoms. The van der Waals surface area contributed by atoms with Crippen LogP contribution in [0.1, 0.15) is 166 Å². The number of unbranched alkanes of at least 4 members (excludes halogenated alkanes) is 20. The third-order valence-electron chi connectivity index (χ3n) is 10.9. The van der Waals surface area contributed by atoms with Crippen molar-refractivity contribution in [3.63, 3.8) is 0 Å². The van der Waals surface area contributed by atoms with E-state index >= 15 is 0 Å². The Morgan fingerprint density at radius 3 is 1.30 bits per heavy atom. The van der Waals surface area contributed by atoms with Crippen LogP contribution in [0.5, 0.6) is 34.5 Å². The van der Waals surface area contributed by atoms with Crippen LogP contribution in [0.25, 0.3) is 0 Å². The number of hydrogen-bond donors (Lipinski definition) is 2. The molecule has 0 radical (unpaired) electrons. The maximum Gasteiger partial charge on any atom is 2.00 e. The second-order valence-corrected chi connectivity index (χ2v) is 18.9. The first-order valence-electron chi connectivity index (χ1n) is 22.9. The molecule has 0 aromatic heterocycles. The molecule has 0 aliphatic heterocycles. The van der Waals surface area contributed by atoms with Crippen LogP contribution in [-0.4, -0.2) is 68.8 Å². The molecule has 0 fully saturated rings. The molecule has 0 atom stereocenters. The van der Waals surface area contributed by atoms with Crippen molar-refractivity contribution in [3.05, 3.63) is 96.1 Å². The Morgan fingerprint density at radius 2 is 0.857 bits per heavy atom. The fourth-order valence-electron chi connectivity index (χ4n) is 7.37. The molecule has 0 unspecified atom stereocenters. The minimum Gasteiger partial charge on any atom is -0.872 e. The SMILES string of the molecule is CCCCCCCCCCCCCc1c(O)cccc1Oc1cccc(S(=O)(=O)O)c1.CCCCCCCCCCCCCc1c([O-])cccc1Oc1cccc(S(=O)(=O)[O-])c1.[Ca+2]. The van der Waals surface area contributed by atoms with Gasteiger partial charge in [-0.3, -0.25) is 4.55 Å². The molecule has 10 nitrogen and oxygen atoms in total. The molecule has 13 heteroatoms. The van der Waals surface area contributed by atoms with Crippen molar-refractivity contribution < 1.29 is 45.6 Å². The number of benzene rings is 4. The molecular formula is C50H70CaO10S2. The second kappa shape index (κ2) is 31.9. The Hall–Kier alpha value is -2.84. The summed E-state index contributed by atoms with van der Waals surface area (Å²) in [5, 5.41) is 22.6. The fourth-order valence-corrected chi connectivity index (χ4v) is 8.39. The summed E-state index contributed by atoms with van der Waals surface area (Å²) in [5.41, 5.74) is 1.31. The quantitative estimate of drug-likeness (QED) is 0.0291. The van der Waals surface area contributed by atoms with Crippen LogP contribution in [0, 0.1) is 0 Å². The van der Waals surface area contributed by atoms with Crippen LogP contribution < -0.4 is 14.6 Å². The van der Waals surface area contributed by atoms with Gasteiger partial charge in [-0.05, 0) is 79.8 Å². The number of rotatable bonds is 30. The van der Waals surface area contributed by atoms with Crippen LogP contribution in [0.4, 0.5) is 0 Å². The number of phenolic OH excluding ortho intramolecular Hbond substituents is 1. The molecule has 0 amide bonds. The van der Waals surface area contributed by atoms with Crippen LogP contribution in [0.2, 0.25) is 0 Å². The zero-order valence-corrected chi connectivity index (χ0v) is 41.6. The van der Waals surface area contributed by atoms with Gasteiger partial charge in [-0.25, -0.2) is 8.42 Å². The third-order valence-corrected chi connectivity index (χ3v) is 12.6. The van der Waals surface area contributed by atoms with Crippen LogP contribution in [0.3, 0.4) is 0 Å². The molecule has 4 rings (SSSR count). The average molecular weight is 935 g/mol. The van der Waals surface area contributed by atoms with Crippen molar-refractivity contribution in [3.8, 4) is 34.5 Å². The van der Waals surface area contributed by atoms with E-state index in [1.165, 1.54) is 152 Å². The standard InChI is InChI=1S/2C25H36O5S.Ca/c2*1-2-3-4-5-6-7-8-9-10-11-12-17-23-24(26)18-14-19-25(23)30-21-15-13-16-22(20-21)31(27,28)29;/h2*13-16,18-20,26H,2-12,17H2,1H3,(H,27,28,29);/q;;+2/p-2. The van der Waals surface area contributed by atoms with Gasteiger partial charge in [0.15, 0.2) is 0 Å². The second-order valence-electron chi connectivity index (χ2n) is 16.1. The van der Waals surface area contributed by atoms with E-state index in [4.69, 9.17) is 9.47 Å². The molecule has 0 saturated carbocycles. The number of aromatic hydroxyl groups is 1. The molecule has 0 saturated heterocycles. The first kappa shape index (κ1) is 56.3. The van der Waals surface area contributed by atoms with Crippen molar-refractivity contribution in [1.29, 1.82) is 0 Å². The van der Waals surface area contributed by atoms with Crippen LogP contribution in [-0.2, 0) is 33.1 Å². The predicted molar refractivity (Wildman–Crippen MR) is 251 cm³/mol. The van der Waals surface area contributed by atoms with Crippen molar-refractivity contribution >= 4 is 58.0 Å². The van der Waals surface area contributed by atoms with Gasteiger partial charge in [0, 0.05) is 11.6 Å². The molecule has 0 bridgehead atoms. The Bertz CT molecular complexity index is 1940. The van der Waals surface area contributed by atoms with Gasteiger partial charge in [-0.1, -0.05) is 173 Å². The van der Waals surface area contributed by atoms with Crippen LogP contribution >= 0.6 is 0 Å². The summed E-state index contributed by atoms with van der Waals surface area (Å²) >= 11 is 0. The van der Waals surface area contributed by atoms with Gasteiger partial charge in [-0.2, -0.15) is 8.42 Å². The maximum atomic E-state index is 12.3. The third kappa shape index (κ3) is 23.3. The Labute approximate surface area is 408 Å². The number of ether oxygens (including phenoxy) is 2. The van der Waals surface area contributed by atoms with Gasteiger partial charge in [0.1, 0.15) is 38.9 Å². The Morgan fingerprint density at radius 1 is 0.492 bits per heavy atom. The minimum absolute atomic E-state index is 0. The maximum absolute atomic E-state index is 12.3. The summed E-state index contributed by atoms with van der Waals surface area (Å²) in [6.45, 7) is 4.48.